The van der Waals surface area contributed by atoms with Gasteiger partial charge >= 0.3 is 5.97 Å². The van der Waals surface area contributed by atoms with Crippen LogP contribution in [-0.4, -0.2) is 17.4 Å². The maximum absolute atomic E-state index is 12.9. The monoisotopic (exact) mass is 392 g/mol. The van der Waals surface area contributed by atoms with Gasteiger partial charge in [-0.2, -0.15) is 5.26 Å². The fourth-order valence-electron chi connectivity index (χ4n) is 8.72. The molecule has 2 N–H and O–H groups in total. The summed E-state index contributed by atoms with van der Waals surface area (Å²) >= 11 is 0. The van der Waals surface area contributed by atoms with E-state index < -0.39 is 5.41 Å². The lowest BCUT2D eigenvalue weighted by Gasteiger charge is -2.59. The summed E-state index contributed by atoms with van der Waals surface area (Å²) in [6, 6.07) is 2.60. The number of hydrogen-bond donors (Lipinski definition) is 1. The number of rotatable bonds is 0. The maximum atomic E-state index is 12.9. The Labute approximate surface area is 171 Å². The number of hydrogen-bond acceptors (Lipinski definition) is 5. The number of allylic oxidation sites excluding steroid dienone is 4. The Balaban J connectivity index is 1.55. The number of carbonyl (C=O) groups excluding carboxylic acids is 2. The summed E-state index contributed by atoms with van der Waals surface area (Å²) in [7, 11) is 0. The van der Waals surface area contributed by atoms with Crippen LogP contribution in [0.1, 0.15) is 65.2 Å². The number of ether oxygens (including phenoxy) is 1. The Morgan fingerprint density at radius 1 is 1.21 bits per heavy atom. The predicted molar refractivity (Wildman–Crippen MR) is 105 cm³/mol. The number of ketones is 1. The van der Waals surface area contributed by atoms with Crippen LogP contribution in [0.5, 0.6) is 0 Å². The van der Waals surface area contributed by atoms with Gasteiger partial charge in [0, 0.05) is 40.9 Å². The Kier molecular flexibility index (Phi) is 3.04. The minimum absolute atomic E-state index is 0.0582. The average molecular weight is 392 g/mol. The Hall–Kier alpha value is -2.09. The third-order valence-corrected chi connectivity index (χ3v) is 10.3. The molecule has 6 aliphatic rings. The normalized spacial score (nSPS) is 52.2. The first kappa shape index (κ1) is 17.7. The van der Waals surface area contributed by atoms with Gasteiger partial charge in [-0.25, -0.2) is 0 Å². The molecule has 4 unspecified atom stereocenters. The van der Waals surface area contributed by atoms with Crippen molar-refractivity contribution in [1.82, 2.24) is 0 Å². The van der Waals surface area contributed by atoms with Gasteiger partial charge in [0.25, 0.3) is 0 Å². The lowest BCUT2D eigenvalue weighted by Crippen LogP contribution is -2.56. The molecular weight excluding hydrogens is 364 g/mol. The lowest BCUT2D eigenvalue weighted by molar-refractivity contribution is -0.161. The Morgan fingerprint density at radius 2 is 2.00 bits per heavy atom. The molecule has 152 valence electrons. The second-order valence-corrected chi connectivity index (χ2v) is 10.8. The summed E-state index contributed by atoms with van der Waals surface area (Å²) in [6.07, 6.45) is 8.40. The van der Waals surface area contributed by atoms with Crippen LogP contribution in [0.2, 0.25) is 0 Å². The van der Waals surface area contributed by atoms with Crippen LogP contribution in [-0.2, 0) is 14.3 Å². The van der Waals surface area contributed by atoms with Gasteiger partial charge in [0.05, 0.1) is 11.5 Å². The molecule has 0 radical (unpaired) electrons. The van der Waals surface area contributed by atoms with Crippen LogP contribution in [0.15, 0.2) is 22.9 Å². The van der Waals surface area contributed by atoms with Crippen molar-refractivity contribution in [1.29, 1.82) is 5.26 Å². The quantitative estimate of drug-likeness (QED) is 0.503. The number of esters is 1. The van der Waals surface area contributed by atoms with E-state index in [2.05, 4.69) is 26.0 Å². The summed E-state index contributed by atoms with van der Waals surface area (Å²) in [4.78, 5) is 24.9. The van der Waals surface area contributed by atoms with Gasteiger partial charge in [0.2, 0.25) is 0 Å². The molecule has 1 saturated heterocycles. The van der Waals surface area contributed by atoms with Crippen molar-refractivity contribution in [3.8, 4) is 6.07 Å². The zero-order valence-electron chi connectivity index (χ0n) is 17.2. The lowest BCUT2D eigenvalue weighted by atomic mass is 9.43. The molecule has 3 saturated carbocycles. The third-order valence-electron chi connectivity index (χ3n) is 10.3. The maximum Gasteiger partial charge on any atom is 0.306 e. The van der Waals surface area contributed by atoms with Crippen LogP contribution >= 0.6 is 0 Å². The molecule has 29 heavy (non-hydrogen) atoms. The molecule has 5 aliphatic carbocycles. The van der Waals surface area contributed by atoms with Crippen LogP contribution in [0, 0.1) is 45.3 Å². The number of nitrogens with zero attached hydrogens (tertiary/aromatic N) is 1. The molecular formula is C24H28N2O3. The van der Waals surface area contributed by atoms with Gasteiger partial charge in [0.15, 0.2) is 5.78 Å². The first-order valence-electron chi connectivity index (χ1n) is 11.1. The number of carbonyl (C=O) groups is 2. The predicted octanol–water partition coefficient (Wildman–Crippen LogP) is 3.55. The molecule has 0 amide bonds. The summed E-state index contributed by atoms with van der Waals surface area (Å²) in [5.74, 6) is 0.703. The number of nitriles is 1. The minimum atomic E-state index is -0.761. The van der Waals surface area contributed by atoms with Gasteiger partial charge in [-0.15, -0.1) is 0 Å². The largest absolute Gasteiger partial charge is 0.458 e. The van der Waals surface area contributed by atoms with Crippen molar-refractivity contribution in [2.75, 3.05) is 0 Å². The van der Waals surface area contributed by atoms with Crippen molar-refractivity contribution in [2.24, 2.45) is 39.7 Å². The molecule has 1 heterocycles. The molecule has 6 rings (SSSR count). The topological polar surface area (TPSA) is 93.2 Å². The van der Waals surface area contributed by atoms with E-state index in [0.717, 1.165) is 32.1 Å². The molecule has 1 spiro atoms. The van der Waals surface area contributed by atoms with E-state index in [1.54, 1.807) is 0 Å². The summed E-state index contributed by atoms with van der Waals surface area (Å²) in [5, 5.41) is 10.3. The second-order valence-electron chi connectivity index (χ2n) is 10.8. The van der Waals surface area contributed by atoms with Crippen molar-refractivity contribution in [2.45, 2.75) is 70.8 Å². The van der Waals surface area contributed by atoms with E-state index in [1.165, 1.54) is 5.57 Å². The Morgan fingerprint density at radius 3 is 2.69 bits per heavy atom. The van der Waals surface area contributed by atoms with Gasteiger partial charge < -0.3 is 10.5 Å². The van der Waals surface area contributed by atoms with E-state index in [1.807, 2.05) is 0 Å². The van der Waals surface area contributed by atoms with Gasteiger partial charge in [-0.05, 0) is 50.4 Å². The van der Waals surface area contributed by atoms with E-state index in [-0.39, 0.29) is 40.0 Å². The van der Waals surface area contributed by atoms with Crippen molar-refractivity contribution < 1.29 is 14.3 Å². The highest BCUT2D eigenvalue weighted by atomic mass is 16.6. The van der Waals surface area contributed by atoms with E-state index >= 15 is 0 Å². The highest BCUT2D eigenvalue weighted by Crippen LogP contribution is 2.75. The smallest absolute Gasteiger partial charge is 0.306 e. The fourth-order valence-corrected chi connectivity index (χ4v) is 8.72. The number of fused-ring (bicyclic) bond motifs is 7. The molecule has 0 aromatic heterocycles. The first-order chi connectivity index (χ1) is 13.7. The third kappa shape index (κ3) is 1.64. The zero-order valence-corrected chi connectivity index (χ0v) is 17.2. The first-order valence-corrected chi connectivity index (χ1v) is 11.1. The van der Waals surface area contributed by atoms with E-state index in [4.69, 9.17) is 10.5 Å². The van der Waals surface area contributed by atoms with Crippen molar-refractivity contribution >= 4 is 11.8 Å². The van der Waals surface area contributed by atoms with Crippen LogP contribution in [0.4, 0.5) is 0 Å². The molecule has 7 atom stereocenters. The second kappa shape index (κ2) is 4.96. The van der Waals surface area contributed by atoms with Crippen molar-refractivity contribution in [3.05, 3.63) is 22.9 Å². The molecule has 5 nitrogen and oxygen atoms in total. The molecule has 0 aromatic carbocycles. The van der Waals surface area contributed by atoms with Crippen LogP contribution in [0.3, 0.4) is 0 Å². The van der Waals surface area contributed by atoms with Gasteiger partial charge in [0.1, 0.15) is 5.60 Å². The summed E-state index contributed by atoms with van der Waals surface area (Å²) in [6.45, 7) is 4.51. The number of Topliss-reactive ketones (excluding diaryl/α,β-unsaturated/α-hetero) is 1. The van der Waals surface area contributed by atoms with Crippen LogP contribution in [0.25, 0.3) is 0 Å². The highest BCUT2D eigenvalue weighted by molar-refractivity contribution is 6.00. The minimum Gasteiger partial charge on any atom is -0.458 e. The SMILES string of the molecule is CC12CC=C3C(C1CC[C@@]21CCC(=O)O1)[C@H]1C[C@]2(C#N)C(=C1N)C(=O)CCC32C. The van der Waals surface area contributed by atoms with Gasteiger partial charge in [-0.1, -0.05) is 25.5 Å². The van der Waals surface area contributed by atoms with Crippen molar-refractivity contribution in [3.63, 3.8) is 0 Å². The van der Waals surface area contributed by atoms with Crippen LogP contribution < -0.4 is 5.73 Å². The highest BCUT2D eigenvalue weighted by Gasteiger charge is 2.73. The summed E-state index contributed by atoms with van der Waals surface area (Å²) in [5.41, 5.74) is 7.83. The number of nitrogens with two attached hydrogens (primary N) is 1. The zero-order chi connectivity index (χ0) is 20.4. The van der Waals surface area contributed by atoms with Gasteiger partial charge in [-0.3, -0.25) is 9.59 Å². The average Bonchev–Trinajstić information content (AvgIpc) is 3.31. The fraction of sp³-hybridized carbons (Fsp3) is 0.708. The molecule has 5 heteroatoms. The Bertz CT molecular complexity index is 989. The van der Waals surface area contributed by atoms with E-state index in [9.17, 15) is 14.9 Å². The molecule has 0 aromatic rings. The molecule has 1 aliphatic heterocycles. The molecule has 4 fully saturated rings. The van der Waals surface area contributed by atoms with E-state index in [0.29, 0.717) is 36.5 Å². The molecule has 2 bridgehead atoms. The standard InChI is InChI=1S/C24H28N2O3/c1-21-8-5-16(27)19-20(26)13(11-23(19,21)12-25)18-14(21)3-7-22(2)15(18)4-9-24(22)10-6-17(28)29-24/h3,13,15,18H,4-11,26H2,1-2H3/t13-,15?,18?,21?,22?,23+,24-/m1/s1. The summed E-state index contributed by atoms with van der Waals surface area (Å²) < 4.78 is 6.02.